The lowest BCUT2D eigenvalue weighted by atomic mass is 10.1. The van der Waals surface area contributed by atoms with Gasteiger partial charge in [-0.15, -0.1) is 0 Å². The van der Waals surface area contributed by atoms with E-state index < -0.39 is 5.97 Å². The zero-order valence-corrected chi connectivity index (χ0v) is 10.5. The molecule has 2 rings (SSSR count). The number of imidazole rings is 1. The molecule has 1 aromatic heterocycles. The van der Waals surface area contributed by atoms with Crippen molar-refractivity contribution >= 4 is 11.9 Å². The third-order valence-electron chi connectivity index (χ3n) is 3.40. The molecule has 0 aliphatic carbocycles. The van der Waals surface area contributed by atoms with Gasteiger partial charge in [-0.3, -0.25) is 4.79 Å². The average Bonchev–Trinajstić information content (AvgIpc) is 2.98. The number of carboxylic acid groups (broad SMARTS) is 1. The van der Waals surface area contributed by atoms with Crippen LogP contribution in [-0.4, -0.2) is 55.7 Å². The summed E-state index contributed by atoms with van der Waals surface area (Å²) in [6.07, 6.45) is 4.96. The van der Waals surface area contributed by atoms with E-state index >= 15 is 0 Å². The van der Waals surface area contributed by atoms with E-state index in [1.807, 2.05) is 0 Å². The second-order valence-electron chi connectivity index (χ2n) is 4.61. The molecule has 0 saturated carbocycles. The highest BCUT2D eigenvalue weighted by molar-refractivity contribution is 5.86. The lowest BCUT2D eigenvalue weighted by Gasteiger charge is -2.24. The first-order chi connectivity index (χ1) is 9.13. The highest BCUT2D eigenvalue weighted by atomic mass is 16.4. The highest BCUT2D eigenvalue weighted by Gasteiger charge is 2.28. The van der Waals surface area contributed by atoms with E-state index in [1.165, 1.54) is 17.1 Å². The number of amides is 1. The van der Waals surface area contributed by atoms with Crippen molar-refractivity contribution in [3.8, 4) is 0 Å². The first-order valence-corrected chi connectivity index (χ1v) is 6.27. The van der Waals surface area contributed by atoms with Crippen molar-refractivity contribution in [2.24, 2.45) is 0 Å². The van der Waals surface area contributed by atoms with E-state index in [1.54, 1.807) is 4.90 Å². The van der Waals surface area contributed by atoms with Crippen LogP contribution in [0.15, 0.2) is 12.5 Å². The van der Waals surface area contributed by atoms with E-state index in [0.717, 1.165) is 12.8 Å². The summed E-state index contributed by atoms with van der Waals surface area (Å²) in [5, 5.41) is 17.9. The average molecular weight is 267 g/mol. The molecule has 1 amide bonds. The van der Waals surface area contributed by atoms with E-state index in [0.29, 0.717) is 13.0 Å². The largest absolute Gasteiger partial charge is 0.477 e. The van der Waals surface area contributed by atoms with Crippen molar-refractivity contribution in [1.82, 2.24) is 14.5 Å². The molecule has 1 atom stereocenters. The maximum Gasteiger partial charge on any atom is 0.354 e. The Morgan fingerprint density at radius 2 is 2.26 bits per heavy atom. The molecule has 1 aliphatic rings. The normalized spacial score (nSPS) is 18.8. The molecule has 1 saturated heterocycles. The maximum atomic E-state index is 12.2. The minimum Gasteiger partial charge on any atom is -0.477 e. The fraction of sp³-hybridized carbons (Fsp3) is 0.583. The van der Waals surface area contributed by atoms with Crippen LogP contribution >= 0.6 is 0 Å². The number of carbonyl (C=O) groups is 2. The summed E-state index contributed by atoms with van der Waals surface area (Å²) in [7, 11) is 0. The number of aromatic nitrogens is 2. The summed E-state index contributed by atoms with van der Waals surface area (Å²) in [5.74, 6) is -1.23. The van der Waals surface area contributed by atoms with Crippen molar-refractivity contribution in [2.75, 3.05) is 13.2 Å². The van der Waals surface area contributed by atoms with Crippen LogP contribution in [0.1, 0.15) is 29.8 Å². The van der Waals surface area contributed by atoms with Crippen molar-refractivity contribution in [2.45, 2.75) is 31.8 Å². The summed E-state index contributed by atoms with van der Waals surface area (Å²) >= 11 is 0. The summed E-state index contributed by atoms with van der Waals surface area (Å²) in [4.78, 5) is 28.6. The molecule has 7 nitrogen and oxygen atoms in total. The third kappa shape index (κ3) is 2.93. The molecule has 7 heteroatoms. The van der Waals surface area contributed by atoms with Crippen molar-refractivity contribution in [3.05, 3.63) is 18.2 Å². The monoisotopic (exact) mass is 267 g/mol. The van der Waals surface area contributed by atoms with Crippen LogP contribution in [0, 0.1) is 0 Å². The molecule has 1 aromatic rings. The number of rotatable bonds is 5. The minimum atomic E-state index is -1.10. The van der Waals surface area contributed by atoms with Gasteiger partial charge in [-0.2, -0.15) is 0 Å². The predicted molar refractivity (Wildman–Crippen MR) is 65.6 cm³/mol. The van der Waals surface area contributed by atoms with Crippen LogP contribution in [0.4, 0.5) is 0 Å². The molecule has 0 aromatic carbocycles. The fourth-order valence-electron chi connectivity index (χ4n) is 2.47. The van der Waals surface area contributed by atoms with Gasteiger partial charge in [-0.1, -0.05) is 0 Å². The minimum absolute atomic E-state index is 0.00579. The third-order valence-corrected chi connectivity index (χ3v) is 3.40. The van der Waals surface area contributed by atoms with Gasteiger partial charge in [0.15, 0.2) is 0 Å². The molecular formula is C12H17N3O4. The van der Waals surface area contributed by atoms with Gasteiger partial charge in [0, 0.05) is 19.2 Å². The molecule has 0 radical (unpaired) electrons. The zero-order chi connectivity index (χ0) is 13.8. The summed E-state index contributed by atoms with van der Waals surface area (Å²) in [5.41, 5.74) is 0.00579. The highest BCUT2D eigenvalue weighted by Crippen LogP contribution is 2.20. The molecule has 0 spiro atoms. The van der Waals surface area contributed by atoms with E-state index in [9.17, 15) is 9.59 Å². The molecule has 0 bridgehead atoms. The second kappa shape index (κ2) is 5.83. The van der Waals surface area contributed by atoms with Crippen molar-refractivity contribution < 1.29 is 19.8 Å². The van der Waals surface area contributed by atoms with Crippen molar-refractivity contribution in [1.29, 1.82) is 0 Å². The molecule has 19 heavy (non-hydrogen) atoms. The Morgan fingerprint density at radius 1 is 1.47 bits per heavy atom. The number of aliphatic hydroxyl groups is 1. The Labute approximate surface area is 110 Å². The van der Waals surface area contributed by atoms with Crippen LogP contribution in [0.3, 0.4) is 0 Å². The number of nitrogens with zero attached hydrogens (tertiary/aromatic N) is 3. The molecular weight excluding hydrogens is 250 g/mol. The van der Waals surface area contributed by atoms with Gasteiger partial charge >= 0.3 is 5.97 Å². The lowest BCUT2D eigenvalue weighted by molar-refractivity contribution is -0.132. The number of hydrogen-bond donors (Lipinski definition) is 2. The smallest absolute Gasteiger partial charge is 0.354 e. The number of aliphatic hydroxyl groups excluding tert-OH is 1. The Hall–Kier alpha value is -1.89. The number of likely N-dealkylation sites (tertiary alicyclic amines) is 1. The van der Waals surface area contributed by atoms with Gasteiger partial charge in [0.1, 0.15) is 12.2 Å². The van der Waals surface area contributed by atoms with Gasteiger partial charge in [0.2, 0.25) is 5.91 Å². The number of hydrogen-bond acceptors (Lipinski definition) is 4. The molecule has 2 N–H and O–H groups in total. The van der Waals surface area contributed by atoms with Crippen LogP contribution in [0.2, 0.25) is 0 Å². The summed E-state index contributed by atoms with van der Waals surface area (Å²) in [6.45, 7) is 0.698. The molecule has 1 fully saturated rings. The standard InChI is InChI=1S/C12H17N3O4/c16-5-3-9-2-1-4-15(9)11(17)7-14-8-13-6-10(14)12(18)19/h6,8-9,16H,1-5,7H2,(H,18,19). The Kier molecular flexibility index (Phi) is 4.16. The quantitative estimate of drug-likeness (QED) is 0.780. The maximum absolute atomic E-state index is 12.2. The van der Waals surface area contributed by atoms with E-state index in [4.69, 9.17) is 10.2 Å². The van der Waals surface area contributed by atoms with Crippen LogP contribution < -0.4 is 0 Å². The molecule has 2 heterocycles. The topological polar surface area (TPSA) is 95.7 Å². The summed E-state index contributed by atoms with van der Waals surface area (Å²) in [6, 6.07) is 0.0642. The Bertz CT molecular complexity index is 471. The first kappa shape index (κ1) is 13.5. The van der Waals surface area contributed by atoms with Gasteiger partial charge in [0.05, 0.1) is 12.5 Å². The second-order valence-corrected chi connectivity index (χ2v) is 4.61. The summed E-state index contributed by atoms with van der Waals surface area (Å²) < 4.78 is 1.33. The zero-order valence-electron chi connectivity index (χ0n) is 10.5. The van der Waals surface area contributed by atoms with E-state index in [2.05, 4.69) is 4.98 Å². The SMILES string of the molecule is O=C(O)c1cncn1CC(=O)N1CCCC1CCO. The molecule has 1 aliphatic heterocycles. The fourth-order valence-corrected chi connectivity index (χ4v) is 2.47. The lowest BCUT2D eigenvalue weighted by Crippen LogP contribution is -2.38. The van der Waals surface area contributed by atoms with Crippen LogP contribution in [0.5, 0.6) is 0 Å². The Balaban J connectivity index is 2.04. The van der Waals surface area contributed by atoms with Gasteiger partial charge in [-0.25, -0.2) is 9.78 Å². The van der Waals surface area contributed by atoms with Gasteiger partial charge < -0.3 is 19.7 Å². The number of carboxylic acids is 1. The molecule has 1 unspecified atom stereocenters. The number of carbonyl (C=O) groups excluding carboxylic acids is 1. The molecule has 104 valence electrons. The van der Waals surface area contributed by atoms with Crippen LogP contribution in [0.25, 0.3) is 0 Å². The van der Waals surface area contributed by atoms with Gasteiger partial charge in [-0.05, 0) is 19.3 Å². The van der Waals surface area contributed by atoms with E-state index in [-0.39, 0.29) is 30.8 Å². The Morgan fingerprint density at radius 3 is 2.95 bits per heavy atom. The van der Waals surface area contributed by atoms with Crippen LogP contribution in [-0.2, 0) is 11.3 Å². The van der Waals surface area contributed by atoms with Gasteiger partial charge in [0.25, 0.3) is 0 Å². The number of aromatic carboxylic acids is 1. The first-order valence-electron chi connectivity index (χ1n) is 6.27. The van der Waals surface area contributed by atoms with Crippen molar-refractivity contribution in [3.63, 3.8) is 0 Å². The predicted octanol–water partition coefficient (Wildman–Crippen LogP) is -0.0453.